The standard InChI is InChI=1S/C11H12BrClN4/c1-11(2,14)10-6-17(16-15-10)9-4-3-7(13)5-8(9)12/h3-6H,14H2,1-2H3. The smallest absolute Gasteiger partial charge is 0.102 e. The molecular weight excluding hydrogens is 304 g/mol. The summed E-state index contributed by atoms with van der Waals surface area (Å²) < 4.78 is 2.53. The fraction of sp³-hybridized carbons (Fsp3) is 0.273. The van der Waals surface area contributed by atoms with Gasteiger partial charge in [-0.3, -0.25) is 0 Å². The molecule has 0 aliphatic heterocycles. The number of rotatable bonds is 2. The van der Waals surface area contributed by atoms with Gasteiger partial charge in [-0.05, 0) is 48.0 Å². The molecule has 0 saturated heterocycles. The minimum absolute atomic E-state index is 0.503. The van der Waals surface area contributed by atoms with Crippen molar-refractivity contribution in [1.82, 2.24) is 15.0 Å². The van der Waals surface area contributed by atoms with E-state index in [1.165, 1.54) is 0 Å². The first-order chi connectivity index (χ1) is 7.88. The van der Waals surface area contributed by atoms with Crippen molar-refractivity contribution in [3.8, 4) is 5.69 Å². The van der Waals surface area contributed by atoms with Crippen LogP contribution in [0.2, 0.25) is 5.02 Å². The number of nitrogens with two attached hydrogens (primary N) is 1. The molecule has 0 aliphatic rings. The number of hydrogen-bond donors (Lipinski definition) is 1. The third kappa shape index (κ3) is 2.68. The van der Waals surface area contributed by atoms with Gasteiger partial charge in [-0.2, -0.15) is 0 Å². The Labute approximate surface area is 113 Å². The summed E-state index contributed by atoms with van der Waals surface area (Å²) in [5.74, 6) is 0. The van der Waals surface area contributed by atoms with E-state index < -0.39 is 5.54 Å². The Morgan fingerprint density at radius 3 is 2.65 bits per heavy atom. The van der Waals surface area contributed by atoms with E-state index in [9.17, 15) is 0 Å². The van der Waals surface area contributed by atoms with E-state index in [4.69, 9.17) is 17.3 Å². The van der Waals surface area contributed by atoms with Crippen LogP contribution in [0.4, 0.5) is 0 Å². The van der Waals surface area contributed by atoms with Crippen LogP contribution < -0.4 is 5.73 Å². The normalized spacial score (nSPS) is 11.8. The highest BCUT2D eigenvalue weighted by Gasteiger charge is 2.19. The van der Waals surface area contributed by atoms with Gasteiger partial charge in [0.05, 0.1) is 17.4 Å². The number of aromatic nitrogens is 3. The van der Waals surface area contributed by atoms with E-state index in [1.54, 1.807) is 10.7 Å². The summed E-state index contributed by atoms with van der Waals surface area (Å²) in [6.07, 6.45) is 1.81. The minimum Gasteiger partial charge on any atom is -0.320 e. The van der Waals surface area contributed by atoms with Gasteiger partial charge in [0.25, 0.3) is 0 Å². The molecule has 0 fully saturated rings. The summed E-state index contributed by atoms with van der Waals surface area (Å²) in [6, 6.07) is 5.48. The quantitative estimate of drug-likeness (QED) is 0.927. The Kier molecular flexibility index (Phi) is 3.25. The van der Waals surface area contributed by atoms with Gasteiger partial charge >= 0.3 is 0 Å². The van der Waals surface area contributed by atoms with Crippen LogP contribution in [-0.2, 0) is 5.54 Å². The molecule has 90 valence electrons. The SMILES string of the molecule is CC(C)(N)c1cn(-c2ccc(Cl)cc2Br)nn1. The van der Waals surface area contributed by atoms with Crippen molar-refractivity contribution in [2.45, 2.75) is 19.4 Å². The summed E-state index contributed by atoms with van der Waals surface area (Å²) in [5, 5.41) is 8.79. The van der Waals surface area contributed by atoms with Crippen molar-refractivity contribution in [2.24, 2.45) is 5.73 Å². The molecule has 1 aromatic heterocycles. The van der Waals surface area contributed by atoms with Crippen LogP contribution in [0.5, 0.6) is 0 Å². The van der Waals surface area contributed by atoms with Gasteiger partial charge in [-0.15, -0.1) is 5.10 Å². The van der Waals surface area contributed by atoms with Crippen molar-refractivity contribution in [3.63, 3.8) is 0 Å². The monoisotopic (exact) mass is 314 g/mol. The fourth-order valence-electron chi connectivity index (χ4n) is 1.34. The van der Waals surface area contributed by atoms with E-state index in [1.807, 2.05) is 32.2 Å². The van der Waals surface area contributed by atoms with Crippen LogP contribution in [0.3, 0.4) is 0 Å². The second-order valence-corrected chi connectivity index (χ2v) is 5.66. The maximum atomic E-state index is 5.96. The molecule has 1 heterocycles. The first-order valence-electron chi connectivity index (χ1n) is 5.05. The molecule has 6 heteroatoms. The van der Waals surface area contributed by atoms with E-state index in [0.717, 1.165) is 15.9 Å². The van der Waals surface area contributed by atoms with E-state index in [0.29, 0.717) is 5.02 Å². The fourth-order valence-corrected chi connectivity index (χ4v) is 2.21. The third-order valence-electron chi connectivity index (χ3n) is 2.31. The predicted octanol–water partition coefficient (Wildman–Crippen LogP) is 2.88. The molecule has 2 aromatic rings. The predicted molar refractivity (Wildman–Crippen MR) is 71.3 cm³/mol. The van der Waals surface area contributed by atoms with Gasteiger partial charge in [0.1, 0.15) is 5.69 Å². The number of hydrogen-bond acceptors (Lipinski definition) is 3. The van der Waals surface area contributed by atoms with E-state index >= 15 is 0 Å². The van der Waals surface area contributed by atoms with Crippen LogP contribution in [0, 0.1) is 0 Å². The van der Waals surface area contributed by atoms with Crippen LogP contribution in [0.25, 0.3) is 5.69 Å². The lowest BCUT2D eigenvalue weighted by Gasteiger charge is -2.13. The molecule has 0 unspecified atom stereocenters. The number of nitrogens with zero attached hydrogens (tertiary/aromatic N) is 3. The highest BCUT2D eigenvalue weighted by Crippen LogP contribution is 2.25. The zero-order valence-corrected chi connectivity index (χ0v) is 11.8. The average Bonchev–Trinajstić information content (AvgIpc) is 2.65. The zero-order valence-electron chi connectivity index (χ0n) is 9.48. The van der Waals surface area contributed by atoms with Crippen LogP contribution in [0.15, 0.2) is 28.9 Å². The molecule has 0 bridgehead atoms. The molecule has 2 rings (SSSR count). The van der Waals surface area contributed by atoms with E-state index in [-0.39, 0.29) is 0 Å². The van der Waals surface area contributed by atoms with Crippen molar-refractivity contribution < 1.29 is 0 Å². The lowest BCUT2D eigenvalue weighted by atomic mass is 10.0. The van der Waals surface area contributed by atoms with Gasteiger partial charge in [0.2, 0.25) is 0 Å². The summed E-state index contributed by atoms with van der Waals surface area (Å²) in [5.41, 5.74) is 7.07. The van der Waals surface area contributed by atoms with Crippen LogP contribution >= 0.6 is 27.5 Å². The highest BCUT2D eigenvalue weighted by molar-refractivity contribution is 9.10. The molecule has 0 amide bonds. The van der Waals surface area contributed by atoms with Crippen LogP contribution in [0.1, 0.15) is 19.5 Å². The Bertz CT molecular complexity index is 545. The van der Waals surface area contributed by atoms with Gasteiger partial charge < -0.3 is 5.73 Å². The van der Waals surface area contributed by atoms with Gasteiger partial charge in [0, 0.05) is 9.50 Å². The molecule has 0 saturated carbocycles. The lowest BCUT2D eigenvalue weighted by molar-refractivity contribution is 0.533. The molecule has 0 aliphatic carbocycles. The number of benzene rings is 1. The Hall–Kier alpha value is -0.910. The molecule has 4 nitrogen and oxygen atoms in total. The largest absolute Gasteiger partial charge is 0.320 e. The molecule has 0 atom stereocenters. The lowest BCUT2D eigenvalue weighted by Crippen LogP contribution is -2.29. The molecular formula is C11H12BrClN4. The topological polar surface area (TPSA) is 56.7 Å². The summed E-state index contributed by atoms with van der Waals surface area (Å²) in [6.45, 7) is 3.77. The maximum Gasteiger partial charge on any atom is 0.102 e. The molecule has 17 heavy (non-hydrogen) atoms. The Morgan fingerprint density at radius 2 is 2.12 bits per heavy atom. The van der Waals surface area contributed by atoms with Crippen molar-refractivity contribution in [2.75, 3.05) is 0 Å². The van der Waals surface area contributed by atoms with Crippen molar-refractivity contribution in [3.05, 3.63) is 39.6 Å². The average molecular weight is 316 g/mol. The Balaban J connectivity index is 2.44. The van der Waals surface area contributed by atoms with E-state index in [2.05, 4.69) is 26.2 Å². The summed E-state index contributed by atoms with van der Waals surface area (Å²) >= 11 is 9.33. The molecule has 0 radical (unpaired) electrons. The summed E-state index contributed by atoms with van der Waals surface area (Å²) in [4.78, 5) is 0. The van der Waals surface area contributed by atoms with Crippen LogP contribution in [-0.4, -0.2) is 15.0 Å². The van der Waals surface area contributed by atoms with Gasteiger partial charge in [-0.1, -0.05) is 16.8 Å². The first-order valence-corrected chi connectivity index (χ1v) is 6.22. The van der Waals surface area contributed by atoms with Crippen molar-refractivity contribution >= 4 is 27.5 Å². The number of halogens is 2. The maximum absolute atomic E-state index is 5.96. The molecule has 2 N–H and O–H groups in total. The highest BCUT2D eigenvalue weighted by atomic mass is 79.9. The summed E-state index contributed by atoms with van der Waals surface area (Å²) in [7, 11) is 0. The van der Waals surface area contributed by atoms with Gasteiger partial charge in [0.15, 0.2) is 0 Å². The molecule has 0 spiro atoms. The molecule has 1 aromatic carbocycles. The van der Waals surface area contributed by atoms with Crippen molar-refractivity contribution in [1.29, 1.82) is 0 Å². The third-order valence-corrected chi connectivity index (χ3v) is 3.18. The Morgan fingerprint density at radius 1 is 1.41 bits per heavy atom. The van der Waals surface area contributed by atoms with Gasteiger partial charge in [-0.25, -0.2) is 4.68 Å². The second-order valence-electron chi connectivity index (χ2n) is 4.37. The first kappa shape index (κ1) is 12.5. The minimum atomic E-state index is -0.503. The zero-order chi connectivity index (χ0) is 12.6. The second kappa shape index (κ2) is 4.40.